The number of aliphatic hydroxyl groups excluding tert-OH is 1. The number of benzene rings is 2. The molecule has 0 aliphatic heterocycles. The van der Waals surface area contributed by atoms with Gasteiger partial charge in [0.05, 0.1) is 10.6 Å². The summed E-state index contributed by atoms with van der Waals surface area (Å²) in [5.41, 5.74) is 8.05. The average Bonchev–Trinajstić information content (AvgIpc) is 2.42. The molecular formula is C16H17BrFNO. The molecule has 0 bridgehead atoms. The first kappa shape index (κ1) is 15.2. The van der Waals surface area contributed by atoms with E-state index in [0.717, 1.165) is 11.1 Å². The predicted molar refractivity (Wildman–Crippen MR) is 82.0 cm³/mol. The van der Waals surface area contributed by atoms with E-state index in [9.17, 15) is 9.50 Å². The standard InChI is InChI=1S/C16H17BrFNO/c1-10-4-2-5-11(8-10)13(9-19)16(20)12-6-3-7-14(17)15(12)18/h2-8,13,16,20H,9,19H2,1H3. The maximum Gasteiger partial charge on any atom is 0.143 e. The lowest BCUT2D eigenvalue weighted by Crippen LogP contribution is -2.21. The predicted octanol–water partition coefficient (Wildman–Crippen LogP) is 3.67. The molecule has 0 aromatic heterocycles. The molecule has 2 atom stereocenters. The molecule has 0 aliphatic rings. The largest absolute Gasteiger partial charge is 0.388 e. The fourth-order valence-corrected chi connectivity index (χ4v) is 2.70. The van der Waals surface area contributed by atoms with Crippen LogP contribution in [0.3, 0.4) is 0 Å². The highest BCUT2D eigenvalue weighted by Gasteiger charge is 2.24. The van der Waals surface area contributed by atoms with E-state index >= 15 is 0 Å². The molecule has 0 fully saturated rings. The van der Waals surface area contributed by atoms with Gasteiger partial charge < -0.3 is 10.8 Å². The zero-order valence-corrected chi connectivity index (χ0v) is 12.8. The second-order valence-corrected chi connectivity index (χ2v) is 5.70. The molecule has 2 unspecified atom stereocenters. The van der Waals surface area contributed by atoms with Gasteiger partial charge in [-0.05, 0) is 34.5 Å². The van der Waals surface area contributed by atoms with Gasteiger partial charge in [0.1, 0.15) is 5.82 Å². The lowest BCUT2D eigenvalue weighted by atomic mass is 9.88. The molecule has 2 rings (SSSR count). The summed E-state index contributed by atoms with van der Waals surface area (Å²) >= 11 is 3.14. The van der Waals surface area contributed by atoms with Gasteiger partial charge in [-0.15, -0.1) is 0 Å². The quantitative estimate of drug-likeness (QED) is 0.893. The van der Waals surface area contributed by atoms with Crippen molar-refractivity contribution in [2.24, 2.45) is 5.73 Å². The normalized spacial score (nSPS) is 14.1. The van der Waals surface area contributed by atoms with Crippen molar-refractivity contribution in [1.29, 1.82) is 0 Å². The molecule has 2 aromatic rings. The van der Waals surface area contributed by atoms with Gasteiger partial charge in [0.2, 0.25) is 0 Å². The maximum absolute atomic E-state index is 14.1. The first-order valence-corrected chi connectivity index (χ1v) is 7.22. The summed E-state index contributed by atoms with van der Waals surface area (Å²) in [6.07, 6.45) is -0.973. The molecule has 0 radical (unpaired) electrons. The van der Waals surface area contributed by atoms with Crippen LogP contribution in [0.1, 0.15) is 28.7 Å². The molecule has 0 saturated heterocycles. The third-order valence-corrected chi connectivity index (χ3v) is 4.02. The molecule has 3 N–H and O–H groups in total. The first-order valence-electron chi connectivity index (χ1n) is 6.43. The summed E-state index contributed by atoms with van der Waals surface area (Å²) in [6.45, 7) is 2.22. The Hall–Kier alpha value is -1.23. The van der Waals surface area contributed by atoms with E-state index in [1.807, 2.05) is 31.2 Å². The number of hydrogen-bond donors (Lipinski definition) is 2. The van der Waals surface area contributed by atoms with Crippen molar-refractivity contribution in [3.63, 3.8) is 0 Å². The molecule has 2 nitrogen and oxygen atoms in total. The SMILES string of the molecule is Cc1cccc(C(CN)C(O)c2cccc(Br)c2F)c1. The maximum atomic E-state index is 14.1. The summed E-state index contributed by atoms with van der Waals surface area (Å²) in [6, 6.07) is 12.7. The van der Waals surface area contributed by atoms with Gasteiger partial charge in [-0.3, -0.25) is 0 Å². The lowest BCUT2D eigenvalue weighted by Gasteiger charge is -2.23. The highest BCUT2D eigenvalue weighted by Crippen LogP contribution is 2.33. The number of aliphatic hydroxyl groups is 1. The monoisotopic (exact) mass is 337 g/mol. The molecule has 0 amide bonds. The van der Waals surface area contributed by atoms with E-state index in [0.29, 0.717) is 4.47 Å². The zero-order chi connectivity index (χ0) is 14.7. The third kappa shape index (κ3) is 3.08. The Kier molecular flexibility index (Phi) is 4.91. The summed E-state index contributed by atoms with van der Waals surface area (Å²) in [4.78, 5) is 0. The average molecular weight is 338 g/mol. The van der Waals surface area contributed by atoms with E-state index in [1.54, 1.807) is 18.2 Å². The number of halogens is 2. The number of nitrogens with two attached hydrogens (primary N) is 1. The van der Waals surface area contributed by atoms with Crippen LogP contribution < -0.4 is 5.73 Å². The van der Waals surface area contributed by atoms with Crippen molar-refractivity contribution in [2.45, 2.75) is 18.9 Å². The Labute approximate surface area is 126 Å². The Morgan fingerprint density at radius 1 is 1.25 bits per heavy atom. The van der Waals surface area contributed by atoms with E-state index in [1.165, 1.54) is 0 Å². The van der Waals surface area contributed by atoms with E-state index in [-0.39, 0.29) is 18.0 Å². The fourth-order valence-electron chi connectivity index (χ4n) is 2.31. The molecule has 0 spiro atoms. The fraction of sp³-hybridized carbons (Fsp3) is 0.250. The van der Waals surface area contributed by atoms with Crippen molar-refractivity contribution in [3.8, 4) is 0 Å². The minimum absolute atomic E-state index is 0.247. The second kappa shape index (κ2) is 6.48. The lowest BCUT2D eigenvalue weighted by molar-refractivity contribution is 0.143. The van der Waals surface area contributed by atoms with Crippen LogP contribution in [-0.2, 0) is 0 Å². The highest BCUT2D eigenvalue weighted by atomic mass is 79.9. The zero-order valence-electron chi connectivity index (χ0n) is 11.2. The first-order chi connectivity index (χ1) is 9.54. The van der Waals surface area contributed by atoms with E-state index in [2.05, 4.69) is 15.9 Å². The number of hydrogen-bond acceptors (Lipinski definition) is 2. The highest BCUT2D eigenvalue weighted by molar-refractivity contribution is 9.10. The van der Waals surface area contributed by atoms with Crippen molar-refractivity contribution >= 4 is 15.9 Å². The second-order valence-electron chi connectivity index (χ2n) is 4.84. The van der Waals surface area contributed by atoms with Crippen LogP contribution in [0.5, 0.6) is 0 Å². The van der Waals surface area contributed by atoms with Crippen molar-refractivity contribution < 1.29 is 9.50 Å². The topological polar surface area (TPSA) is 46.2 Å². The number of aryl methyl sites for hydroxylation is 1. The molecular weight excluding hydrogens is 321 g/mol. The third-order valence-electron chi connectivity index (χ3n) is 3.41. The van der Waals surface area contributed by atoms with Gasteiger partial charge >= 0.3 is 0 Å². The van der Waals surface area contributed by atoms with Gasteiger partial charge in [0.15, 0.2) is 0 Å². The Morgan fingerprint density at radius 3 is 2.60 bits per heavy atom. The summed E-state index contributed by atoms with van der Waals surface area (Å²) in [7, 11) is 0. The van der Waals surface area contributed by atoms with Crippen LogP contribution in [0.2, 0.25) is 0 Å². The number of rotatable bonds is 4. The van der Waals surface area contributed by atoms with Crippen LogP contribution in [0.4, 0.5) is 4.39 Å². The smallest absolute Gasteiger partial charge is 0.143 e. The molecule has 0 heterocycles. The van der Waals surface area contributed by atoms with Crippen LogP contribution in [0.25, 0.3) is 0 Å². The van der Waals surface area contributed by atoms with Gasteiger partial charge in [-0.2, -0.15) is 0 Å². The molecule has 0 aliphatic carbocycles. The molecule has 4 heteroatoms. The van der Waals surface area contributed by atoms with Crippen LogP contribution in [-0.4, -0.2) is 11.7 Å². The van der Waals surface area contributed by atoms with Gasteiger partial charge in [0, 0.05) is 18.0 Å². The minimum Gasteiger partial charge on any atom is -0.388 e. The molecule has 106 valence electrons. The molecule has 0 saturated carbocycles. The van der Waals surface area contributed by atoms with Crippen molar-refractivity contribution in [3.05, 3.63) is 69.4 Å². The summed E-state index contributed by atoms with van der Waals surface area (Å²) in [5, 5.41) is 10.5. The van der Waals surface area contributed by atoms with Crippen molar-refractivity contribution in [1.82, 2.24) is 0 Å². The van der Waals surface area contributed by atoms with Gasteiger partial charge in [0.25, 0.3) is 0 Å². The summed E-state index contributed by atoms with van der Waals surface area (Å²) in [5.74, 6) is -0.773. The van der Waals surface area contributed by atoms with Crippen molar-refractivity contribution in [2.75, 3.05) is 6.54 Å². The Bertz CT molecular complexity index is 603. The summed E-state index contributed by atoms with van der Waals surface area (Å²) < 4.78 is 14.4. The van der Waals surface area contributed by atoms with Gasteiger partial charge in [-0.1, -0.05) is 42.0 Å². The van der Waals surface area contributed by atoms with Crippen LogP contribution in [0, 0.1) is 12.7 Å². The molecule has 20 heavy (non-hydrogen) atoms. The van der Waals surface area contributed by atoms with E-state index < -0.39 is 11.9 Å². The van der Waals surface area contributed by atoms with E-state index in [4.69, 9.17) is 5.73 Å². The Morgan fingerprint density at radius 2 is 1.95 bits per heavy atom. The van der Waals surface area contributed by atoms with Gasteiger partial charge in [-0.25, -0.2) is 4.39 Å². The Balaban J connectivity index is 2.39. The minimum atomic E-state index is -0.973. The van der Waals surface area contributed by atoms with Crippen LogP contribution in [0.15, 0.2) is 46.9 Å². The van der Waals surface area contributed by atoms with Crippen LogP contribution >= 0.6 is 15.9 Å². The molecule has 2 aromatic carbocycles.